The maximum Gasteiger partial charge on any atom is 0.410 e. The summed E-state index contributed by atoms with van der Waals surface area (Å²) < 4.78 is 3.37. The summed E-state index contributed by atoms with van der Waals surface area (Å²) in [5.41, 5.74) is 1.30. The van der Waals surface area contributed by atoms with Crippen molar-refractivity contribution in [3.63, 3.8) is 0 Å². The number of hydrogen-bond donors (Lipinski definition) is 2. The molecule has 114 valence electrons. The molecule has 0 unspecified atom stereocenters. The van der Waals surface area contributed by atoms with Crippen LogP contribution < -0.4 is 5.32 Å². The van der Waals surface area contributed by atoms with Gasteiger partial charge >= 0.3 is 6.09 Å². The van der Waals surface area contributed by atoms with Gasteiger partial charge in [0.05, 0.1) is 6.20 Å². The summed E-state index contributed by atoms with van der Waals surface area (Å²) in [4.78, 5) is 14.8. The van der Waals surface area contributed by atoms with E-state index in [0.717, 1.165) is 5.65 Å². The Hall–Kier alpha value is -3.14. The van der Waals surface area contributed by atoms with Crippen LogP contribution in [0.2, 0.25) is 0 Å². The first kappa shape index (κ1) is 13.5. The normalized spacial score (nSPS) is 11.1. The summed E-state index contributed by atoms with van der Waals surface area (Å²) >= 11 is 1.35. The SMILES string of the molecule is O=C(O)Nc1cn2nc(Sc3nnc4ccccn34)ccc2n1. The minimum Gasteiger partial charge on any atom is -0.465 e. The molecule has 9 nitrogen and oxygen atoms in total. The van der Waals surface area contributed by atoms with Crippen molar-refractivity contribution in [2.24, 2.45) is 0 Å². The summed E-state index contributed by atoms with van der Waals surface area (Å²) in [5.74, 6) is 0.222. The predicted octanol–water partition coefficient (Wildman–Crippen LogP) is 2.01. The number of carbonyl (C=O) groups is 1. The summed E-state index contributed by atoms with van der Waals surface area (Å²) in [6.45, 7) is 0. The topological polar surface area (TPSA) is 110 Å². The van der Waals surface area contributed by atoms with E-state index < -0.39 is 6.09 Å². The van der Waals surface area contributed by atoms with E-state index in [1.807, 2.05) is 28.8 Å². The molecule has 1 amide bonds. The van der Waals surface area contributed by atoms with Crippen LogP contribution in [-0.4, -0.2) is 40.4 Å². The number of nitrogens with zero attached hydrogens (tertiary/aromatic N) is 6. The lowest BCUT2D eigenvalue weighted by Gasteiger charge is -1.99. The number of aromatic nitrogens is 6. The van der Waals surface area contributed by atoms with Gasteiger partial charge in [0, 0.05) is 6.20 Å². The van der Waals surface area contributed by atoms with Crippen LogP contribution in [0.4, 0.5) is 10.6 Å². The van der Waals surface area contributed by atoms with Crippen LogP contribution in [0.5, 0.6) is 0 Å². The highest BCUT2D eigenvalue weighted by Crippen LogP contribution is 2.25. The number of anilines is 1. The zero-order valence-corrected chi connectivity index (χ0v) is 12.3. The molecule has 23 heavy (non-hydrogen) atoms. The number of amides is 1. The van der Waals surface area contributed by atoms with Crippen LogP contribution >= 0.6 is 11.8 Å². The van der Waals surface area contributed by atoms with E-state index >= 15 is 0 Å². The minimum absolute atomic E-state index is 0.222. The summed E-state index contributed by atoms with van der Waals surface area (Å²) in [6.07, 6.45) is 2.22. The van der Waals surface area contributed by atoms with Crippen molar-refractivity contribution < 1.29 is 9.90 Å². The fraction of sp³-hybridized carbons (Fsp3) is 0. The smallest absolute Gasteiger partial charge is 0.410 e. The second-order valence-electron chi connectivity index (χ2n) is 4.54. The Bertz CT molecular complexity index is 1030. The molecule has 0 spiro atoms. The van der Waals surface area contributed by atoms with Crippen molar-refractivity contribution in [2.45, 2.75) is 10.2 Å². The van der Waals surface area contributed by atoms with E-state index in [0.29, 0.717) is 15.8 Å². The predicted molar refractivity (Wildman–Crippen MR) is 81.7 cm³/mol. The lowest BCUT2D eigenvalue weighted by Crippen LogP contribution is -2.07. The van der Waals surface area contributed by atoms with Gasteiger partial charge in [0.25, 0.3) is 0 Å². The third kappa shape index (κ3) is 2.55. The van der Waals surface area contributed by atoms with Crippen molar-refractivity contribution in [1.82, 2.24) is 29.2 Å². The van der Waals surface area contributed by atoms with Gasteiger partial charge in [-0.05, 0) is 36.0 Å². The lowest BCUT2D eigenvalue weighted by molar-refractivity contribution is 0.209. The second-order valence-corrected chi connectivity index (χ2v) is 5.53. The molecule has 0 aliphatic heterocycles. The monoisotopic (exact) mass is 327 g/mol. The molecule has 4 heterocycles. The fourth-order valence-corrected chi connectivity index (χ4v) is 2.86. The van der Waals surface area contributed by atoms with E-state index in [-0.39, 0.29) is 5.82 Å². The van der Waals surface area contributed by atoms with Crippen molar-refractivity contribution in [1.29, 1.82) is 0 Å². The van der Waals surface area contributed by atoms with Crippen molar-refractivity contribution in [2.75, 3.05) is 5.32 Å². The summed E-state index contributed by atoms with van der Waals surface area (Å²) in [5, 5.41) is 24.9. The maximum absolute atomic E-state index is 10.6. The number of imidazole rings is 1. The Balaban J connectivity index is 1.67. The van der Waals surface area contributed by atoms with Gasteiger partial charge in [0.1, 0.15) is 5.03 Å². The zero-order valence-electron chi connectivity index (χ0n) is 11.5. The minimum atomic E-state index is -1.17. The average Bonchev–Trinajstić information content (AvgIpc) is 3.10. The summed E-state index contributed by atoms with van der Waals surface area (Å²) in [6, 6.07) is 9.21. The van der Waals surface area contributed by atoms with E-state index in [9.17, 15) is 4.79 Å². The van der Waals surface area contributed by atoms with Crippen LogP contribution in [-0.2, 0) is 0 Å². The molecule has 4 aromatic rings. The third-order valence-electron chi connectivity index (χ3n) is 3.01. The van der Waals surface area contributed by atoms with Gasteiger partial charge in [-0.15, -0.1) is 10.2 Å². The molecule has 0 aliphatic rings. The number of rotatable bonds is 3. The molecule has 2 N–H and O–H groups in total. The molecule has 4 rings (SSSR count). The molecule has 0 saturated heterocycles. The van der Waals surface area contributed by atoms with Crippen LogP contribution in [0.1, 0.15) is 0 Å². The number of pyridine rings is 1. The Morgan fingerprint density at radius 2 is 2.09 bits per heavy atom. The molecule has 0 atom stereocenters. The highest BCUT2D eigenvalue weighted by molar-refractivity contribution is 7.99. The quantitative estimate of drug-likeness (QED) is 0.592. The van der Waals surface area contributed by atoms with Crippen LogP contribution in [0.3, 0.4) is 0 Å². The molecule has 0 saturated carbocycles. The van der Waals surface area contributed by atoms with E-state index in [1.54, 1.807) is 12.1 Å². The van der Waals surface area contributed by atoms with Crippen molar-refractivity contribution in [3.8, 4) is 0 Å². The molecular formula is C13H9N7O2S. The molecule has 0 fully saturated rings. The molecular weight excluding hydrogens is 318 g/mol. The van der Waals surface area contributed by atoms with Gasteiger partial charge in [0.15, 0.2) is 17.1 Å². The van der Waals surface area contributed by atoms with Crippen molar-refractivity contribution >= 4 is 35.0 Å². The van der Waals surface area contributed by atoms with Gasteiger partial charge in [-0.1, -0.05) is 6.07 Å². The molecule has 0 radical (unpaired) electrons. The van der Waals surface area contributed by atoms with Crippen LogP contribution in [0.25, 0.3) is 11.3 Å². The molecule has 0 aliphatic carbocycles. The highest BCUT2D eigenvalue weighted by atomic mass is 32.2. The first-order valence-electron chi connectivity index (χ1n) is 6.53. The molecule has 0 aromatic carbocycles. The highest BCUT2D eigenvalue weighted by Gasteiger charge is 2.10. The number of fused-ring (bicyclic) bond motifs is 2. The first-order chi connectivity index (χ1) is 11.2. The van der Waals surface area contributed by atoms with E-state index in [1.165, 1.54) is 22.5 Å². The average molecular weight is 327 g/mol. The van der Waals surface area contributed by atoms with Crippen LogP contribution in [0, 0.1) is 0 Å². The number of nitrogens with one attached hydrogen (secondary N) is 1. The Kier molecular flexibility index (Phi) is 3.08. The van der Waals surface area contributed by atoms with E-state index in [4.69, 9.17) is 5.11 Å². The summed E-state index contributed by atoms with van der Waals surface area (Å²) in [7, 11) is 0. The maximum atomic E-state index is 10.6. The first-order valence-corrected chi connectivity index (χ1v) is 7.35. The Morgan fingerprint density at radius 1 is 1.17 bits per heavy atom. The largest absolute Gasteiger partial charge is 0.465 e. The van der Waals surface area contributed by atoms with Gasteiger partial charge in [-0.2, -0.15) is 5.10 Å². The zero-order chi connectivity index (χ0) is 15.8. The number of hydrogen-bond acceptors (Lipinski definition) is 6. The second kappa shape index (κ2) is 5.25. The fourth-order valence-electron chi connectivity index (χ4n) is 2.07. The third-order valence-corrected chi connectivity index (χ3v) is 3.90. The molecule has 10 heteroatoms. The molecule has 0 bridgehead atoms. The van der Waals surface area contributed by atoms with Crippen molar-refractivity contribution in [3.05, 3.63) is 42.7 Å². The van der Waals surface area contributed by atoms with Gasteiger partial charge in [-0.3, -0.25) is 9.72 Å². The number of carboxylic acid groups (broad SMARTS) is 1. The standard InChI is InChI=1S/C13H9N7O2S/c21-13(22)15-8-7-20-9(14-8)4-5-11(18-20)23-12-17-16-10-3-1-2-6-19(10)12/h1-7,15H,(H,21,22). The van der Waals surface area contributed by atoms with Gasteiger partial charge in [-0.25, -0.2) is 14.3 Å². The van der Waals surface area contributed by atoms with Crippen LogP contribution in [0.15, 0.2) is 52.9 Å². The Labute approximate surface area is 133 Å². The lowest BCUT2D eigenvalue weighted by atomic mass is 10.5. The molecule has 4 aromatic heterocycles. The Morgan fingerprint density at radius 3 is 2.96 bits per heavy atom. The van der Waals surface area contributed by atoms with E-state index in [2.05, 4.69) is 25.6 Å². The van der Waals surface area contributed by atoms with Gasteiger partial charge < -0.3 is 5.11 Å². The van der Waals surface area contributed by atoms with Gasteiger partial charge in [0.2, 0.25) is 5.16 Å².